The van der Waals surface area contributed by atoms with Crippen molar-refractivity contribution in [3.63, 3.8) is 0 Å². The number of hydrazine groups is 1. The lowest BCUT2D eigenvalue weighted by molar-refractivity contribution is 0.487. The third-order valence-electron chi connectivity index (χ3n) is 2.40. The van der Waals surface area contributed by atoms with E-state index in [4.69, 9.17) is 29.0 Å². The van der Waals surface area contributed by atoms with Crippen molar-refractivity contribution in [2.45, 2.75) is 25.3 Å². The smallest absolute Gasteiger partial charge is 0.124 e. The Kier molecular flexibility index (Phi) is 6.06. The summed E-state index contributed by atoms with van der Waals surface area (Å²) < 4.78 is 12.8. The van der Waals surface area contributed by atoms with Gasteiger partial charge in [0.15, 0.2) is 0 Å². The van der Waals surface area contributed by atoms with Gasteiger partial charge in [-0.1, -0.05) is 17.7 Å². The molecule has 3 N–H and O–H groups in total. The fourth-order valence-electron chi connectivity index (χ4n) is 1.52. The zero-order valence-corrected chi connectivity index (χ0v) is 10.4. The number of benzene rings is 1. The fourth-order valence-corrected chi connectivity index (χ4v) is 1.92. The van der Waals surface area contributed by atoms with Gasteiger partial charge in [-0.3, -0.25) is 11.3 Å². The molecule has 0 saturated heterocycles. The molecule has 0 aliphatic heterocycles. The Morgan fingerprint density at radius 2 is 2.19 bits per heavy atom. The molecule has 0 bridgehead atoms. The van der Waals surface area contributed by atoms with Crippen LogP contribution in [0.5, 0.6) is 0 Å². The second kappa shape index (κ2) is 7.07. The fraction of sp³-hybridized carbons (Fsp3) is 0.455. The monoisotopic (exact) mass is 264 g/mol. The van der Waals surface area contributed by atoms with E-state index in [-0.39, 0.29) is 11.9 Å². The quantitative estimate of drug-likeness (QED) is 0.471. The van der Waals surface area contributed by atoms with Gasteiger partial charge >= 0.3 is 0 Å². The Labute approximate surface area is 105 Å². The standard InChI is InChI=1S/C11H15Cl2FN2/c12-5-1-2-10(16-15)6-8-3-4-9(14)7-11(8)13/h3-4,7,10,16H,1-2,5-6,15H2. The number of rotatable bonds is 6. The van der Waals surface area contributed by atoms with Crippen molar-refractivity contribution in [2.24, 2.45) is 5.84 Å². The Bertz CT molecular complexity index is 334. The van der Waals surface area contributed by atoms with Gasteiger partial charge < -0.3 is 0 Å². The SMILES string of the molecule is NNC(CCCCl)Cc1ccc(F)cc1Cl. The first kappa shape index (κ1) is 13.7. The van der Waals surface area contributed by atoms with E-state index in [1.807, 2.05) is 0 Å². The highest BCUT2D eigenvalue weighted by Crippen LogP contribution is 2.19. The molecule has 1 aromatic carbocycles. The Hall–Kier alpha value is -0.350. The highest BCUT2D eigenvalue weighted by atomic mass is 35.5. The average Bonchev–Trinajstić information content (AvgIpc) is 2.27. The molecule has 0 heterocycles. The number of hydrogen-bond donors (Lipinski definition) is 2. The van der Waals surface area contributed by atoms with Gasteiger partial charge in [0.1, 0.15) is 5.82 Å². The maximum Gasteiger partial charge on any atom is 0.124 e. The predicted octanol–water partition coefficient (Wildman–Crippen LogP) is 2.87. The third-order valence-corrected chi connectivity index (χ3v) is 3.02. The molecule has 0 fully saturated rings. The van der Waals surface area contributed by atoms with Gasteiger partial charge in [0.05, 0.1) is 0 Å². The molecular weight excluding hydrogens is 250 g/mol. The predicted molar refractivity (Wildman–Crippen MR) is 66.2 cm³/mol. The minimum absolute atomic E-state index is 0.113. The second-order valence-corrected chi connectivity index (χ2v) is 4.42. The minimum Gasteiger partial charge on any atom is -0.271 e. The molecule has 1 rings (SSSR count). The van der Waals surface area contributed by atoms with Crippen LogP contribution >= 0.6 is 23.2 Å². The van der Waals surface area contributed by atoms with E-state index in [1.165, 1.54) is 12.1 Å². The largest absolute Gasteiger partial charge is 0.271 e. The molecule has 0 aliphatic rings. The van der Waals surface area contributed by atoms with Crippen LogP contribution in [0.3, 0.4) is 0 Å². The molecule has 5 heteroatoms. The van der Waals surface area contributed by atoms with Gasteiger partial charge in [0.2, 0.25) is 0 Å². The summed E-state index contributed by atoms with van der Waals surface area (Å²) in [6.07, 6.45) is 2.43. The summed E-state index contributed by atoms with van der Waals surface area (Å²) in [5.41, 5.74) is 3.61. The van der Waals surface area contributed by atoms with Crippen LogP contribution in [0, 0.1) is 5.82 Å². The summed E-state index contributed by atoms with van der Waals surface area (Å²) in [7, 11) is 0. The summed E-state index contributed by atoms with van der Waals surface area (Å²) in [6.45, 7) is 0. The number of nitrogens with one attached hydrogen (secondary N) is 1. The first-order chi connectivity index (χ1) is 7.67. The third kappa shape index (κ3) is 4.26. The van der Waals surface area contributed by atoms with E-state index >= 15 is 0 Å². The highest BCUT2D eigenvalue weighted by Gasteiger charge is 2.10. The van der Waals surface area contributed by atoms with E-state index < -0.39 is 0 Å². The van der Waals surface area contributed by atoms with Crippen LogP contribution < -0.4 is 11.3 Å². The van der Waals surface area contributed by atoms with Crippen molar-refractivity contribution in [2.75, 3.05) is 5.88 Å². The van der Waals surface area contributed by atoms with Crippen LogP contribution in [0.15, 0.2) is 18.2 Å². The maximum absolute atomic E-state index is 12.8. The normalized spacial score (nSPS) is 12.8. The van der Waals surface area contributed by atoms with Gasteiger partial charge in [-0.05, 0) is 37.0 Å². The summed E-state index contributed by atoms with van der Waals surface area (Å²) in [4.78, 5) is 0. The molecule has 90 valence electrons. The number of hydrogen-bond acceptors (Lipinski definition) is 2. The zero-order valence-electron chi connectivity index (χ0n) is 8.85. The summed E-state index contributed by atoms with van der Waals surface area (Å²) in [6, 6.07) is 4.51. The van der Waals surface area contributed by atoms with Crippen molar-refractivity contribution in [3.05, 3.63) is 34.6 Å². The molecule has 0 saturated carbocycles. The van der Waals surface area contributed by atoms with Gasteiger partial charge in [0, 0.05) is 16.9 Å². The average molecular weight is 265 g/mol. The van der Waals surface area contributed by atoms with E-state index in [2.05, 4.69) is 5.43 Å². The highest BCUT2D eigenvalue weighted by molar-refractivity contribution is 6.31. The molecule has 16 heavy (non-hydrogen) atoms. The maximum atomic E-state index is 12.8. The van der Waals surface area contributed by atoms with Crippen molar-refractivity contribution in [1.82, 2.24) is 5.43 Å². The van der Waals surface area contributed by atoms with Gasteiger partial charge in [-0.15, -0.1) is 11.6 Å². The lowest BCUT2D eigenvalue weighted by atomic mass is 10.0. The van der Waals surface area contributed by atoms with Crippen LogP contribution in [0.2, 0.25) is 5.02 Å². The zero-order chi connectivity index (χ0) is 12.0. The minimum atomic E-state index is -0.327. The molecule has 0 amide bonds. The van der Waals surface area contributed by atoms with Crippen LogP contribution in [-0.4, -0.2) is 11.9 Å². The first-order valence-corrected chi connectivity index (χ1v) is 6.04. The summed E-state index contributed by atoms with van der Waals surface area (Å²) in [5, 5.41) is 0.436. The second-order valence-electron chi connectivity index (χ2n) is 3.63. The van der Waals surface area contributed by atoms with E-state index in [0.29, 0.717) is 17.3 Å². The summed E-state index contributed by atoms with van der Waals surface area (Å²) >= 11 is 11.5. The molecule has 2 nitrogen and oxygen atoms in total. The number of alkyl halides is 1. The van der Waals surface area contributed by atoms with E-state index in [9.17, 15) is 4.39 Å². The molecule has 0 aliphatic carbocycles. The van der Waals surface area contributed by atoms with Crippen molar-refractivity contribution in [3.8, 4) is 0 Å². The van der Waals surface area contributed by atoms with Gasteiger partial charge in [-0.2, -0.15) is 0 Å². The molecular formula is C11H15Cl2FN2. The van der Waals surface area contributed by atoms with E-state index in [1.54, 1.807) is 6.07 Å². The van der Waals surface area contributed by atoms with Gasteiger partial charge in [0.25, 0.3) is 0 Å². The van der Waals surface area contributed by atoms with E-state index in [0.717, 1.165) is 18.4 Å². The first-order valence-electron chi connectivity index (χ1n) is 5.13. The molecule has 0 radical (unpaired) electrons. The topological polar surface area (TPSA) is 38.0 Å². The van der Waals surface area contributed by atoms with Gasteiger partial charge in [-0.25, -0.2) is 4.39 Å². The molecule has 0 aromatic heterocycles. The lowest BCUT2D eigenvalue weighted by Crippen LogP contribution is -2.36. The Balaban J connectivity index is 2.62. The number of halogens is 3. The van der Waals surface area contributed by atoms with Crippen molar-refractivity contribution < 1.29 is 4.39 Å². The molecule has 0 spiro atoms. The van der Waals surface area contributed by atoms with Crippen LogP contribution in [-0.2, 0) is 6.42 Å². The Morgan fingerprint density at radius 3 is 2.75 bits per heavy atom. The van der Waals surface area contributed by atoms with Crippen LogP contribution in [0.4, 0.5) is 4.39 Å². The van der Waals surface area contributed by atoms with Crippen LogP contribution in [0.25, 0.3) is 0 Å². The number of nitrogens with two attached hydrogens (primary N) is 1. The van der Waals surface area contributed by atoms with Crippen molar-refractivity contribution >= 4 is 23.2 Å². The molecule has 1 unspecified atom stereocenters. The molecule has 1 atom stereocenters. The Morgan fingerprint density at radius 1 is 1.44 bits per heavy atom. The summed E-state index contributed by atoms with van der Waals surface area (Å²) in [5.74, 6) is 5.71. The van der Waals surface area contributed by atoms with Crippen molar-refractivity contribution in [1.29, 1.82) is 0 Å². The molecule has 1 aromatic rings. The van der Waals surface area contributed by atoms with Crippen LogP contribution in [0.1, 0.15) is 18.4 Å². The lowest BCUT2D eigenvalue weighted by Gasteiger charge is -2.16.